The molecule has 1 aromatic carbocycles. The minimum atomic E-state index is -0.0160. The predicted molar refractivity (Wildman–Crippen MR) is 78.6 cm³/mol. The van der Waals surface area contributed by atoms with E-state index >= 15 is 0 Å². The van der Waals surface area contributed by atoms with Crippen LogP contribution in [0, 0.1) is 13.8 Å². The lowest BCUT2D eigenvalue weighted by atomic mass is 10.1. The first-order valence-corrected chi connectivity index (χ1v) is 6.77. The molecule has 1 N–H and O–H groups in total. The minimum Gasteiger partial charge on any atom is -0.323 e. The maximum atomic E-state index is 12.3. The second kappa shape index (κ2) is 5.61. The van der Waals surface area contributed by atoms with Crippen LogP contribution in [0.1, 0.15) is 17.5 Å². The Labute approximate surface area is 115 Å². The first kappa shape index (κ1) is 13.9. The van der Waals surface area contributed by atoms with E-state index in [9.17, 15) is 4.79 Å². The number of anilines is 1. The summed E-state index contributed by atoms with van der Waals surface area (Å²) < 4.78 is 0. The standard InChI is InChI=1S/C15H23N3O/c1-11-6-5-7-12(2)14(11)16-15(19)18(4)13-8-9-17(3)10-13/h5-7,13H,8-10H2,1-4H3,(H,16,19)/t13-/m1/s1. The number of nitrogens with zero attached hydrogens (tertiary/aromatic N) is 2. The smallest absolute Gasteiger partial charge is 0.321 e. The van der Waals surface area contributed by atoms with Crippen LogP contribution in [-0.4, -0.2) is 49.1 Å². The molecular formula is C15H23N3O. The molecule has 2 rings (SSSR count). The van der Waals surface area contributed by atoms with Crippen molar-refractivity contribution in [3.8, 4) is 0 Å². The molecule has 1 saturated heterocycles. The SMILES string of the molecule is Cc1cccc(C)c1NC(=O)N(C)[C@@H]1CCN(C)C1. The first-order chi connectivity index (χ1) is 8.99. The van der Waals surface area contributed by atoms with Gasteiger partial charge in [0, 0.05) is 25.3 Å². The molecule has 0 aromatic heterocycles. The Morgan fingerprint density at radius 3 is 2.53 bits per heavy atom. The molecule has 4 nitrogen and oxygen atoms in total. The van der Waals surface area contributed by atoms with Crippen molar-refractivity contribution in [3.05, 3.63) is 29.3 Å². The zero-order valence-electron chi connectivity index (χ0n) is 12.2. The zero-order chi connectivity index (χ0) is 14.0. The van der Waals surface area contributed by atoms with Crippen molar-refractivity contribution in [2.75, 3.05) is 32.5 Å². The fraction of sp³-hybridized carbons (Fsp3) is 0.533. The molecule has 1 aromatic rings. The van der Waals surface area contributed by atoms with Gasteiger partial charge in [0.15, 0.2) is 0 Å². The van der Waals surface area contributed by atoms with Crippen LogP contribution in [-0.2, 0) is 0 Å². The molecule has 0 unspecified atom stereocenters. The van der Waals surface area contributed by atoms with E-state index in [1.165, 1.54) is 0 Å². The number of para-hydroxylation sites is 1. The molecule has 0 radical (unpaired) electrons. The largest absolute Gasteiger partial charge is 0.323 e. The molecule has 19 heavy (non-hydrogen) atoms. The van der Waals surface area contributed by atoms with Crippen molar-refractivity contribution < 1.29 is 4.79 Å². The number of rotatable bonds is 2. The number of carbonyl (C=O) groups excluding carboxylic acids is 1. The molecule has 0 aliphatic carbocycles. The molecule has 1 atom stereocenters. The topological polar surface area (TPSA) is 35.6 Å². The summed E-state index contributed by atoms with van der Waals surface area (Å²) in [4.78, 5) is 16.4. The number of urea groups is 1. The summed E-state index contributed by atoms with van der Waals surface area (Å²) in [6.07, 6.45) is 1.05. The molecular weight excluding hydrogens is 238 g/mol. The van der Waals surface area contributed by atoms with Gasteiger partial charge in [-0.25, -0.2) is 4.79 Å². The number of carbonyl (C=O) groups is 1. The fourth-order valence-corrected chi connectivity index (χ4v) is 2.60. The lowest BCUT2D eigenvalue weighted by Crippen LogP contribution is -2.41. The average molecular weight is 261 g/mol. The first-order valence-electron chi connectivity index (χ1n) is 6.77. The molecule has 0 spiro atoms. The van der Waals surface area contributed by atoms with Crippen LogP contribution >= 0.6 is 0 Å². The highest BCUT2D eigenvalue weighted by Gasteiger charge is 2.26. The third-order valence-electron chi connectivity index (χ3n) is 3.95. The summed E-state index contributed by atoms with van der Waals surface area (Å²) in [5.41, 5.74) is 3.14. The fourth-order valence-electron chi connectivity index (χ4n) is 2.60. The van der Waals surface area contributed by atoms with E-state index in [0.29, 0.717) is 6.04 Å². The Hall–Kier alpha value is -1.55. The van der Waals surface area contributed by atoms with Gasteiger partial charge in [0.05, 0.1) is 0 Å². The highest BCUT2D eigenvalue weighted by Crippen LogP contribution is 2.21. The average Bonchev–Trinajstić information content (AvgIpc) is 2.79. The van der Waals surface area contributed by atoms with E-state index in [1.807, 2.05) is 44.0 Å². The van der Waals surface area contributed by atoms with Crippen molar-refractivity contribution >= 4 is 11.7 Å². The van der Waals surface area contributed by atoms with Crippen molar-refractivity contribution in [2.45, 2.75) is 26.3 Å². The molecule has 1 aliphatic heterocycles. The highest BCUT2D eigenvalue weighted by molar-refractivity contribution is 5.91. The molecule has 1 fully saturated rings. The Balaban J connectivity index is 2.04. The molecule has 104 valence electrons. The van der Waals surface area contributed by atoms with Gasteiger partial charge >= 0.3 is 6.03 Å². The summed E-state index contributed by atoms with van der Waals surface area (Å²) in [6.45, 7) is 6.06. The van der Waals surface area contributed by atoms with Gasteiger partial charge in [-0.1, -0.05) is 18.2 Å². The van der Waals surface area contributed by atoms with Crippen molar-refractivity contribution in [1.29, 1.82) is 0 Å². The van der Waals surface area contributed by atoms with E-state index < -0.39 is 0 Å². The minimum absolute atomic E-state index is 0.0160. The Morgan fingerprint density at radius 2 is 2.00 bits per heavy atom. The highest BCUT2D eigenvalue weighted by atomic mass is 16.2. The number of hydrogen-bond acceptors (Lipinski definition) is 2. The van der Waals surface area contributed by atoms with Gasteiger partial charge in [0.2, 0.25) is 0 Å². The van der Waals surface area contributed by atoms with Crippen LogP contribution in [0.4, 0.5) is 10.5 Å². The predicted octanol–water partition coefficient (Wildman–Crippen LogP) is 2.47. The van der Waals surface area contributed by atoms with Gasteiger partial charge in [-0.05, 0) is 45.0 Å². The van der Waals surface area contributed by atoms with Gasteiger partial charge in [-0.15, -0.1) is 0 Å². The lowest BCUT2D eigenvalue weighted by Gasteiger charge is -2.25. The third-order valence-corrected chi connectivity index (χ3v) is 3.95. The van der Waals surface area contributed by atoms with Crippen LogP contribution in [0.3, 0.4) is 0 Å². The Bertz CT molecular complexity index is 452. The van der Waals surface area contributed by atoms with Crippen molar-refractivity contribution in [1.82, 2.24) is 9.80 Å². The normalized spacial score (nSPS) is 19.5. The summed E-state index contributed by atoms with van der Waals surface area (Å²) >= 11 is 0. The molecule has 1 heterocycles. The lowest BCUT2D eigenvalue weighted by molar-refractivity contribution is 0.204. The van der Waals surface area contributed by atoms with Crippen LogP contribution in [0.25, 0.3) is 0 Å². The van der Waals surface area contributed by atoms with E-state index in [-0.39, 0.29) is 6.03 Å². The number of aryl methyl sites for hydroxylation is 2. The summed E-state index contributed by atoms with van der Waals surface area (Å²) in [5, 5.41) is 3.04. The van der Waals surface area contributed by atoms with E-state index in [2.05, 4.69) is 17.3 Å². The Kier molecular flexibility index (Phi) is 4.10. The maximum absolute atomic E-state index is 12.3. The van der Waals surface area contributed by atoms with Gasteiger partial charge < -0.3 is 15.1 Å². The van der Waals surface area contributed by atoms with Gasteiger partial charge in [-0.2, -0.15) is 0 Å². The zero-order valence-corrected chi connectivity index (χ0v) is 12.2. The van der Waals surface area contributed by atoms with E-state index in [4.69, 9.17) is 0 Å². The molecule has 2 amide bonds. The van der Waals surface area contributed by atoms with Crippen LogP contribution in [0.5, 0.6) is 0 Å². The number of amides is 2. The van der Waals surface area contributed by atoms with Gasteiger partial charge in [-0.3, -0.25) is 0 Å². The second-order valence-corrected chi connectivity index (χ2v) is 5.51. The van der Waals surface area contributed by atoms with Crippen LogP contribution in [0.2, 0.25) is 0 Å². The second-order valence-electron chi connectivity index (χ2n) is 5.51. The summed E-state index contributed by atoms with van der Waals surface area (Å²) in [6, 6.07) is 6.35. The van der Waals surface area contributed by atoms with Crippen LogP contribution < -0.4 is 5.32 Å². The monoisotopic (exact) mass is 261 g/mol. The Morgan fingerprint density at radius 1 is 1.37 bits per heavy atom. The number of likely N-dealkylation sites (N-methyl/N-ethyl adjacent to an activating group) is 2. The number of nitrogens with one attached hydrogen (secondary N) is 1. The number of hydrogen-bond donors (Lipinski definition) is 1. The quantitative estimate of drug-likeness (QED) is 0.887. The van der Waals surface area contributed by atoms with E-state index in [1.54, 1.807) is 0 Å². The molecule has 0 bridgehead atoms. The third kappa shape index (κ3) is 3.07. The van der Waals surface area contributed by atoms with Crippen LogP contribution in [0.15, 0.2) is 18.2 Å². The van der Waals surface area contributed by atoms with Gasteiger partial charge in [0.25, 0.3) is 0 Å². The summed E-state index contributed by atoms with van der Waals surface area (Å²) in [5.74, 6) is 0. The van der Waals surface area contributed by atoms with Gasteiger partial charge in [0.1, 0.15) is 0 Å². The van der Waals surface area contributed by atoms with Crippen molar-refractivity contribution in [2.24, 2.45) is 0 Å². The maximum Gasteiger partial charge on any atom is 0.321 e. The molecule has 4 heteroatoms. The summed E-state index contributed by atoms with van der Waals surface area (Å²) in [7, 11) is 3.98. The molecule has 1 aliphatic rings. The number of benzene rings is 1. The number of likely N-dealkylation sites (tertiary alicyclic amines) is 1. The van der Waals surface area contributed by atoms with Crippen molar-refractivity contribution in [3.63, 3.8) is 0 Å². The van der Waals surface area contributed by atoms with E-state index in [0.717, 1.165) is 36.3 Å². The molecule has 0 saturated carbocycles.